The molecule has 2 N–H and O–H groups in total. The highest BCUT2D eigenvalue weighted by Gasteiger charge is 2.27. The van der Waals surface area contributed by atoms with Crippen molar-refractivity contribution in [2.75, 3.05) is 17.7 Å². The van der Waals surface area contributed by atoms with Crippen LogP contribution in [0.15, 0.2) is 89.5 Å². The zero-order valence-electron chi connectivity index (χ0n) is 20.6. The van der Waals surface area contributed by atoms with Crippen LogP contribution < -0.4 is 15.4 Å². The molecule has 8 heteroatoms. The Morgan fingerprint density at radius 3 is 2.32 bits per heavy atom. The number of amides is 2. The first-order valence-electron chi connectivity index (χ1n) is 11.5. The lowest BCUT2D eigenvalue weighted by atomic mass is 10.1. The molecule has 4 rings (SSSR count). The Labute approximate surface area is 214 Å². The van der Waals surface area contributed by atoms with Gasteiger partial charge in [-0.25, -0.2) is 4.79 Å². The Hall–Kier alpha value is -4.85. The molecule has 1 aromatic heterocycles. The maximum atomic E-state index is 13.3. The summed E-state index contributed by atoms with van der Waals surface area (Å²) >= 11 is 0. The third-order valence-electron chi connectivity index (χ3n) is 5.64. The van der Waals surface area contributed by atoms with E-state index in [1.807, 2.05) is 13.0 Å². The normalized spacial score (nSPS) is 11.3. The summed E-state index contributed by atoms with van der Waals surface area (Å²) in [7, 11) is 1.51. The highest BCUT2D eigenvalue weighted by molar-refractivity contribution is 6.04. The quantitative estimate of drug-likeness (QED) is 0.302. The molecule has 188 valence electrons. The number of benzene rings is 3. The van der Waals surface area contributed by atoms with Crippen molar-refractivity contribution >= 4 is 29.2 Å². The summed E-state index contributed by atoms with van der Waals surface area (Å²) in [5.41, 5.74) is 3.21. The number of esters is 1. The van der Waals surface area contributed by atoms with Crippen LogP contribution in [0.4, 0.5) is 11.4 Å². The third kappa shape index (κ3) is 6.05. The highest BCUT2D eigenvalue weighted by atomic mass is 16.5. The van der Waals surface area contributed by atoms with E-state index in [9.17, 15) is 14.4 Å². The van der Waals surface area contributed by atoms with Gasteiger partial charge in [0, 0.05) is 11.3 Å². The van der Waals surface area contributed by atoms with Gasteiger partial charge < -0.3 is 24.5 Å². The van der Waals surface area contributed by atoms with Crippen LogP contribution in [-0.4, -0.2) is 24.9 Å². The standard InChI is InChI=1S/C29H26N2O6/c1-18-11-14-24(35-3)23(16-18)31-28(33)26(20-8-5-4-6-9-20)37-29(34)21-13-12-19(2)22(17-21)30-27(32)25-10-7-15-36-25/h4-17,26H,1-3H3,(H,30,32)(H,31,33). The number of anilines is 2. The van der Waals surface area contributed by atoms with Gasteiger partial charge in [-0.1, -0.05) is 42.5 Å². The minimum atomic E-state index is -1.23. The van der Waals surface area contributed by atoms with Gasteiger partial charge in [-0.2, -0.15) is 0 Å². The Morgan fingerprint density at radius 1 is 0.838 bits per heavy atom. The number of furan rings is 1. The Morgan fingerprint density at radius 2 is 1.62 bits per heavy atom. The molecule has 0 saturated carbocycles. The summed E-state index contributed by atoms with van der Waals surface area (Å²) < 4.78 is 16.2. The maximum Gasteiger partial charge on any atom is 0.339 e. The van der Waals surface area contributed by atoms with Crippen molar-refractivity contribution in [2.24, 2.45) is 0 Å². The topological polar surface area (TPSA) is 107 Å². The molecule has 0 aliphatic rings. The van der Waals surface area contributed by atoms with Gasteiger partial charge in [-0.05, 0) is 61.4 Å². The Bertz CT molecular complexity index is 1410. The van der Waals surface area contributed by atoms with E-state index in [2.05, 4.69) is 10.6 Å². The summed E-state index contributed by atoms with van der Waals surface area (Å²) in [6.07, 6.45) is 0.165. The van der Waals surface area contributed by atoms with Crippen LogP contribution in [0.25, 0.3) is 0 Å². The van der Waals surface area contributed by atoms with Crippen molar-refractivity contribution < 1.29 is 28.3 Å². The molecule has 0 radical (unpaired) electrons. The van der Waals surface area contributed by atoms with Crippen LogP contribution in [0.3, 0.4) is 0 Å². The third-order valence-corrected chi connectivity index (χ3v) is 5.64. The van der Waals surface area contributed by atoms with Gasteiger partial charge in [0.1, 0.15) is 5.75 Å². The number of methoxy groups -OCH3 is 1. The number of nitrogens with one attached hydrogen (secondary N) is 2. The van der Waals surface area contributed by atoms with E-state index in [0.29, 0.717) is 22.7 Å². The van der Waals surface area contributed by atoms with E-state index in [4.69, 9.17) is 13.9 Å². The summed E-state index contributed by atoms with van der Waals surface area (Å²) in [5.74, 6) is -1.10. The van der Waals surface area contributed by atoms with Crippen molar-refractivity contribution in [3.63, 3.8) is 0 Å². The van der Waals surface area contributed by atoms with E-state index in [0.717, 1.165) is 11.1 Å². The fourth-order valence-corrected chi connectivity index (χ4v) is 3.67. The first-order valence-corrected chi connectivity index (χ1v) is 11.5. The highest BCUT2D eigenvalue weighted by Crippen LogP contribution is 2.28. The molecule has 4 aromatic rings. The van der Waals surface area contributed by atoms with Crippen molar-refractivity contribution in [3.05, 3.63) is 113 Å². The number of carbonyl (C=O) groups is 3. The van der Waals surface area contributed by atoms with E-state index < -0.39 is 23.9 Å². The molecule has 37 heavy (non-hydrogen) atoms. The minimum Gasteiger partial charge on any atom is -0.495 e. The molecule has 0 bridgehead atoms. The van der Waals surface area contributed by atoms with Gasteiger partial charge in [-0.15, -0.1) is 0 Å². The molecule has 2 amide bonds. The molecule has 0 spiro atoms. The maximum absolute atomic E-state index is 13.3. The predicted molar refractivity (Wildman–Crippen MR) is 139 cm³/mol. The van der Waals surface area contributed by atoms with E-state index in [1.165, 1.54) is 25.5 Å². The smallest absolute Gasteiger partial charge is 0.339 e. The van der Waals surface area contributed by atoms with Gasteiger partial charge in [0.05, 0.1) is 24.6 Å². The monoisotopic (exact) mass is 498 g/mol. The van der Waals surface area contributed by atoms with Crippen molar-refractivity contribution in [2.45, 2.75) is 20.0 Å². The Balaban J connectivity index is 1.58. The number of aryl methyl sites for hydroxylation is 2. The number of carbonyl (C=O) groups excluding carboxylic acids is 3. The van der Waals surface area contributed by atoms with Crippen molar-refractivity contribution in [3.8, 4) is 5.75 Å². The molecule has 0 aliphatic heterocycles. The van der Waals surface area contributed by atoms with Crippen LogP contribution in [0.2, 0.25) is 0 Å². The minimum absolute atomic E-state index is 0.139. The molecule has 1 unspecified atom stereocenters. The number of hydrogen-bond acceptors (Lipinski definition) is 6. The second-order valence-electron chi connectivity index (χ2n) is 8.35. The molecule has 3 aromatic carbocycles. The van der Waals surface area contributed by atoms with E-state index >= 15 is 0 Å². The molecule has 0 aliphatic carbocycles. The summed E-state index contributed by atoms with van der Waals surface area (Å²) in [4.78, 5) is 39.0. The molecule has 0 saturated heterocycles. The SMILES string of the molecule is COc1ccc(C)cc1NC(=O)C(OC(=O)c1ccc(C)c(NC(=O)c2ccco2)c1)c1ccccc1. The summed E-state index contributed by atoms with van der Waals surface area (Å²) in [6, 6.07) is 22.0. The molecular formula is C29H26N2O6. The fraction of sp³-hybridized carbons (Fsp3) is 0.138. The Kier molecular flexibility index (Phi) is 7.68. The van der Waals surface area contributed by atoms with Crippen LogP contribution in [0.1, 0.15) is 43.7 Å². The fourth-order valence-electron chi connectivity index (χ4n) is 3.67. The first-order chi connectivity index (χ1) is 17.9. The second kappa shape index (κ2) is 11.3. The van der Waals surface area contributed by atoms with E-state index in [1.54, 1.807) is 67.6 Å². The predicted octanol–water partition coefficient (Wildman–Crippen LogP) is 5.69. The van der Waals surface area contributed by atoms with Gasteiger partial charge in [0.2, 0.25) is 6.10 Å². The molecule has 0 fully saturated rings. The van der Waals surface area contributed by atoms with Crippen LogP contribution in [0, 0.1) is 13.8 Å². The van der Waals surface area contributed by atoms with Crippen LogP contribution >= 0.6 is 0 Å². The van der Waals surface area contributed by atoms with Crippen molar-refractivity contribution in [1.29, 1.82) is 0 Å². The lowest BCUT2D eigenvalue weighted by Crippen LogP contribution is -2.26. The first kappa shape index (κ1) is 25.2. The molecule has 1 atom stereocenters. The lowest BCUT2D eigenvalue weighted by Gasteiger charge is -2.19. The zero-order chi connectivity index (χ0) is 26.4. The largest absolute Gasteiger partial charge is 0.495 e. The lowest BCUT2D eigenvalue weighted by molar-refractivity contribution is -0.125. The summed E-state index contributed by atoms with van der Waals surface area (Å²) in [5, 5.41) is 5.54. The van der Waals surface area contributed by atoms with Gasteiger partial charge >= 0.3 is 5.97 Å². The average Bonchev–Trinajstić information content (AvgIpc) is 3.44. The van der Waals surface area contributed by atoms with Gasteiger partial charge in [0.25, 0.3) is 11.8 Å². The summed E-state index contributed by atoms with van der Waals surface area (Å²) in [6.45, 7) is 3.69. The molecular weight excluding hydrogens is 472 g/mol. The average molecular weight is 499 g/mol. The second-order valence-corrected chi connectivity index (χ2v) is 8.35. The molecule has 8 nitrogen and oxygen atoms in total. The number of ether oxygens (including phenoxy) is 2. The number of rotatable bonds is 8. The van der Waals surface area contributed by atoms with E-state index in [-0.39, 0.29) is 11.3 Å². The zero-order valence-corrected chi connectivity index (χ0v) is 20.6. The number of hydrogen-bond donors (Lipinski definition) is 2. The van der Waals surface area contributed by atoms with Gasteiger partial charge in [0.15, 0.2) is 5.76 Å². The van der Waals surface area contributed by atoms with Crippen LogP contribution in [0.5, 0.6) is 5.75 Å². The molecule has 1 heterocycles. The van der Waals surface area contributed by atoms with Crippen molar-refractivity contribution in [1.82, 2.24) is 0 Å². The van der Waals surface area contributed by atoms with Crippen LogP contribution in [-0.2, 0) is 9.53 Å². The van der Waals surface area contributed by atoms with Gasteiger partial charge in [-0.3, -0.25) is 9.59 Å².